The highest BCUT2D eigenvalue weighted by atomic mass is 19.1. The molecule has 2 aliphatic rings. The molecule has 5 rings (SSSR count). The first-order valence-electron chi connectivity index (χ1n) is 12.6. The lowest BCUT2D eigenvalue weighted by atomic mass is 9.98. The summed E-state index contributed by atoms with van der Waals surface area (Å²) in [4.78, 5) is 46.4. The van der Waals surface area contributed by atoms with Crippen molar-refractivity contribution in [2.75, 3.05) is 46.6 Å². The van der Waals surface area contributed by atoms with Crippen molar-refractivity contribution < 1.29 is 33.3 Å². The molecule has 39 heavy (non-hydrogen) atoms. The Kier molecular flexibility index (Phi) is 7.23. The van der Waals surface area contributed by atoms with Gasteiger partial charge in [-0.1, -0.05) is 12.1 Å². The predicted octanol–water partition coefficient (Wildman–Crippen LogP) is 1.22. The fourth-order valence-electron chi connectivity index (χ4n) is 4.95. The van der Waals surface area contributed by atoms with Crippen LogP contribution >= 0.6 is 0 Å². The average Bonchev–Trinajstić information content (AvgIpc) is 2.93. The molecule has 11 nitrogen and oxygen atoms in total. The van der Waals surface area contributed by atoms with E-state index < -0.39 is 28.4 Å². The number of halogens is 1. The molecule has 0 bridgehead atoms. The number of aromatic hydroxyl groups is 1. The van der Waals surface area contributed by atoms with Gasteiger partial charge in [-0.3, -0.25) is 23.9 Å². The monoisotopic (exact) mass is 540 g/mol. The zero-order valence-corrected chi connectivity index (χ0v) is 21.7. The Morgan fingerprint density at radius 1 is 1.23 bits per heavy atom. The Labute approximate surface area is 223 Å². The third-order valence-corrected chi connectivity index (χ3v) is 6.94. The molecule has 1 fully saturated rings. The van der Waals surface area contributed by atoms with Crippen LogP contribution in [0.5, 0.6) is 11.5 Å². The van der Waals surface area contributed by atoms with Gasteiger partial charge in [0.15, 0.2) is 11.5 Å². The third kappa shape index (κ3) is 4.92. The minimum absolute atomic E-state index is 0.00906. The molecular weight excluding hydrogens is 511 g/mol. The number of rotatable bonds is 7. The highest BCUT2D eigenvalue weighted by molar-refractivity contribution is 6.03. The lowest BCUT2D eigenvalue weighted by molar-refractivity contribution is -0.152. The largest absolute Gasteiger partial charge is 0.505 e. The van der Waals surface area contributed by atoms with Crippen LogP contribution in [-0.4, -0.2) is 83.5 Å². The van der Waals surface area contributed by atoms with Crippen LogP contribution in [0.4, 0.5) is 4.39 Å². The number of nitrogens with one attached hydrogen (secondary N) is 1. The molecule has 0 saturated carbocycles. The molecule has 1 saturated heterocycles. The lowest BCUT2D eigenvalue weighted by Gasteiger charge is -2.40. The molecule has 0 radical (unpaired) electrons. The summed E-state index contributed by atoms with van der Waals surface area (Å²) in [6, 6.07) is 5.90. The number of ether oxygens (including phenoxy) is 3. The molecule has 1 atom stereocenters. The summed E-state index contributed by atoms with van der Waals surface area (Å²) in [5.74, 6) is -1.89. The summed E-state index contributed by atoms with van der Waals surface area (Å²) in [6.07, 6.45) is 1.72. The summed E-state index contributed by atoms with van der Waals surface area (Å²) in [5, 5.41) is 13.6. The number of amides is 2. The van der Waals surface area contributed by atoms with E-state index in [1.165, 1.54) is 30.0 Å². The van der Waals surface area contributed by atoms with Gasteiger partial charge in [0, 0.05) is 44.9 Å². The maximum Gasteiger partial charge on any atom is 0.268 e. The second-order valence-corrected chi connectivity index (χ2v) is 9.71. The number of methoxy groups -OCH3 is 1. The molecule has 12 heteroatoms. The SMILES string of the molecule is COCCNC(=O)c1c(O)c2ncc(Cc3ccc(F)cc3)c3c2n(c1=O)C[C@](C)(C(=O)N1CCOCC1)O3. The van der Waals surface area contributed by atoms with Crippen LogP contribution in [0.2, 0.25) is 0 Å². The number of aromatic nitrogens is 2. The molecule has 2 aliphatic heterocycles. The van der Waals surface area contributed by atoms with Crippen molar-refractivity contribution >= 4 is 22.8 Å². The van der Waals surface area contributed by atoms with E-state index >= 15 is 0 Å². The number of hydrogen-bond acceptors (Lipinski definition) is 8. The van der Waals surface area contributed by atoms with Crippen LogP contribution in [0.25, 0.3) is 11.0 Å². The number of hydrogen-bond donors (Lipinski definition) is 2. The van der Waals surface area contributed by atoms with Crippen molar-refractivity contribution in [1.29, 1.82) is 0 Å². The standard InChI is InChI=1S/C27H29FN4O7/c1-27(26(36)31-8-11-38-12-9-31)15-32-21-20(22(33)19(25(32)35)24(34)29-7-10-37-2)30-14-17(23(21)39-27)13-16-3-5-18(28)6-4-16/h3-6,14,33H,7-13,15H2,1-2H3,(H,29,34)/t27-/m1/s1. The van der Waals surface area contributed by atoms with Crippen LogP contribution in [0.3, 0.4) is 0 Å². The molecule has 0 aliphatic carbocycles. The van der Waals surface area contributed by atoms with Crippen LogP contribution in [0.1, 0.15) is 28.4 Å². The minimum atomic E-state index is -1.50. The Morgan fingerprint density at radius 2 is 1.95 bits per heavy atom. The summed E-state index contributed by atoms with van der Waals surface area (Å²) < 4.78 is 31.5. The van der Waals surface area contributed by atoms with Gasteiger partial charge in [0.2, 0.25) is 5.60 Å². The zero-order valence-electron chi connectivity index (χ0n) is 21.7. The number of morpholine rings is 1. The van der Waals surface area contributed by atoms with Crippen molar-refractivity contribution in [1.82, 2.24) is 19.8 Å². The molecule has 4 heterocycles. The molecular formula is C27H29FN4O7. The van der Waals surface area contributed by atoms with E-state index in [-0.39, 0.29) is 54.6 Å². The number of nitrogens with zero attached hydrogens (tertiary/aromatic N) is 3. The minimum Gasteiger partial charge on any atom is -0.505 e. The molecule has 2 N–H and O–H groups in total. The molecule has 2 aromatic heterocycles. The van der Waals surface area contributed by atoms with Crippen molar-refractivity contribution in [3.8, 4) is 11.5 Å². The Morgan fingerprint density at radius 3 is 2.64 bits per heavy atom. The molecule has 3 aromatic rings. The fourth-order valence-corrected chi connectivity index (χ4v) is 4.95. The van der Waals surface area contributed by atoms with E-state index in [0.717, 1.165) is 5.56 Å². The topological polar surface area (TPSA) is 132 Å². The second kappa shape index (κ2) is 10.6. The Hall–Kier alpha value is -4.03. The molecule has 0 unspecified atom stereocenters. The van der Waals surface area contributed by atoms with E-state index in [1.54, 1.807) is 24.0 Å². The van der Waals surface area contributed by atoms with E-state index in [0.29, 0.717) is 31.9 Å². The van der Waals surface area contributed by atoms with Gasteiger partial charge in [-0.05, 0) is 24.6 Å². The normalized spacial score (nSPS) is 18.6. The highest BCUT2D eigenvalue weighted by Crippen LogP contribution is 2.40. The second-order valence-electron chi connectivity index (χ2n) is 9.71. The van der Waals surface area contributed by atoms with Gasteiger partial charge in [-0.15, -0.1) is 0 Å². The first kappa shape index (κ1) is 26.6. The van der Waals surface area contributed by atoms with E-state index in [4.69, 9.17) is 14.2 Å². The first-order chi connectivity index (χ1) is 18.7. The predicted molar refractivity (Wildman–Crippen MR) is 138 cm³/mol. The maximum absolute atomic E-state index is 13.7. The Balaban J connectivity index is 1.66. The van der Waals surface area contributed by atoms with Crippen LogP contribution in [0.15, 0.2) is 35.3 Å². The quantitative estimate of drug-likeness (QED) is 0.428. The van der Waals surface area contributed by atoms with E-state index in [1.807, 2.05) is 0 Å². The molecule has 0 spiro atoms. The van der Waals surface area contributed by atoms with E-state index in [2.05, 4.69) is 10.3 Å². The lowest BCUT2D eigenvalue weighted by Crippen LogP contribution is -2.58. The number of carbonyl (C=O) groups is 2. The summed E-state index contributed by atoms with van der Waals surface area (Å²) in [5.41, 5.74) is -1.31. The Bertz CT molecular complexity index is 1480. The molecule has 2 amide bonds. The average molecular weight is 541 g/mol. The zero-order chi connectivity index (χ0) is 27.7. The summed E-state index contributed by atoms with van der Waals surface area (Å²) >= 11 is 0. The van der Waals surface area contributed by atoms with Crippen molar-refractivity contribution in [3.63, 3.8) is 0 Å². The van der Waals surface area contributed by atoms with Gasteiger partial charge in [-0.25, -0.2) is 4.39 Å². The van der Waals surface area contributed by atoms with Gasteiger partial charge in [0.25, 0.3) is 17.4 Å². The van der Waals surface area contributed by atoms with Crippen LogP contribution in [0, 0.1) is 5.82 Å². The fraction of sp³-hybridized carbons (Fsp3) is 0.407. The first-order valence-corrected chi connectivity index (χ1v) is 12.6. The number of pyridine rings is 2. The van der Waals surface area contributed by atoms with Gasteiger partial charge >= 0.3 is 0 Å². The van der Waals surface area contributed by atoms with Crippen molar-refractivity contribution in [2.24, 2.45) is 0 Å². The van der Waals surface area contributed by atoms with Gasteiger partial charge in [-0.2, -0.15) is 0 Å². The smallest absolute Gasteiger partial charge is 0.268 e. The summed E-state index contributed by atoms with van der Waals surface area (Å²) in [6.45, 7) is 3.24. The molecule has 206 valence electrons. The van der Waals surface area contributed by atoms with Crippen LogP contribution < -0.4 is 15.6 Å². The summed E-state index contributed by atoms with van der Waals surface area (Å²) in [7, 11) is 1.47. The highest BCUT2D eigenvalue weighted by Gasteiger charge is 2.45. The third-order valence-electron chi connectivity index (χ3n) is 6.94. The van der Waals surface area contributed by atoms with Gasteiger partial charge in [0.05, 0.1) is 26.4 Å². The van der Waals surface area contributed by atoms with E-state index in [9.17, 15) is 23.9 Å². The maximum atomic E-state index is 13.7. The number of benzene rings is 1. The molecule has 1 aromatic carbocycles. The van der Waals surface area contributed by atoms with Crippen LogP contribution in [-0.2, 0) is 27.2 Å². The van der Waals surface area contributed by atoms with Crippen molar-refractivity contribution in [2.45, 2.75) is 25.5 Å². The van der Waals surface area contributed by atoms with Crippen molar-refractivity contribution in [3.05, 3.63) is 63.3 Å². The number of carbonyl (C=O) groups excluding carboxylic acids is 2. The van der Waals surface area contributed by atoms with Gasteiger partial charge in [0.1, 0.15) is 22.4 Å². The van der Waals surface area contributed by atoms with Gasteiger partial charge < -0.3 is 29.5 Å².